The zero-order valence-corrected chi connectivity index (χ0v) is 9.43. The molecule has 82 valence electrons. The van der Waals surface area contributed by atoms with Crippen LogP contribution in [0.3, 0.4) is 0 Å². The molecule has 0 bridgehead atoms. The number of rotatable bonds is 3. The van der Waals surface area contributed by atoms with Crippen LogP contribution in [0.5, 0.6) is 0 Å². The molecule has 4 nitrogen and oxygen atoms in total. The minimum Gasteiger partial charge on any atom is -0.258 e. The third-order valence-electron chi connectivity index (χ3n) is 1.63. The van der Waals surface area contributed by atoms with Crippen molar-refractivity contribution in [2.45, 2.75) is 11.8 Å². The predicted molar refractivity (Wildman–Crippen MR) is 53.5 cm³/mol. The van der Waals surface area contributed by atoms with E-state index in [0.717, 1.165) is 6.07 Å². The van der Waals surface area contributed by atoms with Gasteiger partial charge in [0.1, 0.15) is 0 Å². The van der Waals surface area contributed by atoms with Gasteiger partial charge in [-0.1, -0.05) is 27.5 Å². The highest BCUT2D eigenvalue weighted by Crippen LogP contribution is 2.31. The molecule has 0 aliphatic carbocycles. The zero-order valence-electron chi connectivity index (χ0n) is 7.08. The van der Waals surface area contributed by atoms with Crippen molar-refractivity contribution in [1.82, 2.24) is 4.98 Å². The van der Waals surface area contributed by atoms with Gasteiger partial charge >= 0.3 is 5.69 Å². The Hall–Kier alpha value is -0.820. The van der Waals surface area contributed by atoms with Gasteiger partial charge in [-0.25, -0.2) is 13.8 Å². The highest BCUT2D eigenvalue weighted by Gasteiger charge is 2.22. The van der Waals surface area contributed by atoms with Crippen molar-refractivity contribution in [3.05, 3.63) is 32.6 Å². The lowest BCUT2D eigenvalue weighted by Crippen LogP contribution is -2.00. The minimum atomic E-state index is -2.82. The van der Waals surface area contributed by atoms with Crippen LogP contribution >= 0.6 is 27.5 Å². The quantitative estimate of drug-likeness (QED) is 0.372. The summed E-state index contributed by atoms with van der Waals surface area (Å²) in [5, 5.41) is 10.1. The molecule has 0 aliphatic heterocycles. The normalized spacial score (nSPS) is 10.7. The third kappa shape index (κ3) is 2.60. The predicted octanol–water partition coefficient (Wildman–Crippen LogP) is 3.48. The second-order valence-corrected chi connectivity index (χ2v) is 3.44. The summed E-state index contributed by atoms with van der Waals surface area (Å²) >= 11 is 8.41. The number of nitro groups is 1. The summed E-state index contributed by atoms with van der Waals surface area (Å²) in [4.78, 5) is 13.1. The summed E-state index contributed by atoms with van der Waals surface area (Å²) in [5.74, 6) is 0. The minimum absolute atomic E-state index is 0.000556. The third-order valence-corrected chi connectivity index (χ3v) is 2.44. The summed E-state index contributed by atoms with van der Waals surface area (Å²) in [6.07, 6.45) is -2.82. The fraction of sp³-hybridized carbons (Fsp3) is 0.286. The van der Waals surface area contributed by atoms with Crippen molar-refractivity contribution in [3.8, 4) is 0 Å². The van der Waals surface area contributed by atoms with Gasteiger partial charge in [-0.3, -0.25) is 10.1 Å². The highest BCUT2D eigenvalue weighted by molar-refractivity contribution is 9.08. The Kier molecular flexibility index (Phi) is 3.92. The molecule has 8 heteroatoms. The maximum atomic E-state index is 12.5. The summed E-state index contributed by atoms with van der Waals surface area (Å²) < 4.78 is 24.9. The van der Waals surface area contributed by atoms with E-state index < -0.39 is 22.6 Å². The number of hydrogen-bond donors (Lipinski definition) is 0. The lowest BCUT2D eigenvalue weighted by Gasteiger charge is -2.05. The average molecular weight is 301 g/mol. The molecular formula is C7H4BrClF2N2O2. The molecule has 1 rings (SSSR count). The van der Waals surface area contributed by atoms with Crippen LogP contribution in [0, 0.1) is 10.1 Å². The van der Waals surface area contributed by atoms with Crippen molar-refractivity contribution in [3.63, 3.8) is 0 Å². The second kappa shape index (κ2) is 4.80. The molecule has 0 atom stereocenters. The van der Waals surface area contributed by atoms with Gasteiger partial charge in [0, 0.05) is 17.0 Å². The first-order valence-corrected chi connectivity index (χ1v) is 5.15. The molecule has 15 heavy (non-hydrogen) atoms. The van der Waals surface area contributed by atoms with Crippen molar-refractivity contribution in [2.75, 3.05) is 0 Å². The molecule has 1 aromatic heterocycles. The van der Waals surface area contributed by atoms with Crippen molar-refractivity contribution in [1.29, 1.82) is 0 Å². The largest absolute Gasteiger partial charge is 0.306 e. The number of pyridine rings is 1. The molecule has 0 spiro atoms. The first kappa shape index (κ1) is 12.3. The highest BCUT2D eigenvalue weighted by atomic mass is 79.9. The molecule has 1 heterocycles. The summed E-state index contributed by atoms with van der Waals surface area (Å²) in [7, 11) is 0. The Morgan fingerprint density at radius 2 is 2.27 bits per heavy atom. The summed E-state index contributed by atoms with van der Waals surface area (Å²) in [5.41, 5.74) is -1.10. The lowest BCUT2D eigenvalue weighted by molar-refractivity contribution is -0.385. The fourth-order valence-electron chi connectivity index (χ4n) is 0.954. The molecule has 0 N–H and O–H groups in total. The Balaban J connectivity index is 3.37. The zero-order chi connectivity index (χ0) is 11.6. The van der Waals surface area contributed by atoms with E-state index in [2.05, 4.69) is 20.9 Å². The van der Waals surface area contributed by atoms with E-state index in [1.165, 1.54) is 0 Å². The second-order valence-electron chi connectivity index (χ2n) is 2.53. The maximum Gasteiger partial charge on any atom is 0.306 e. The van der Waals surface area contributed by atoms with Crippen LogP contribution in [-0.4, -0.2) is 9.91 Å². The van der Waals surface area contributed by atoms with E-state index in [0.29, 0.717) is 0 Å². The van der Waals surface area contributed by atoms with Crippen LogP contribution in [0.25, 0.3) is 0 Å². The first-order valence-electron chi connectivity index (χ1n) is 3.65. The van der Waals surface area contributed by atoms with Crippen LogP contribution in [0.1, 0.15) is 17.7 Å². The molecule has 0 aromatic carbocycles. The van der Waals surface area contributed by atoms with E-state index in [1.807, 2.05) is 0 Å². The molecule has 0 saturated heterocycles. The smallest absolute Gasteiger partial charge is 0.258 e. The van der Waals surface area contributed by atoms with E-state index in [1.54, 1.807) is 0 Å². The number of halogens is 4. The Morgan fingerprint density at radius 3 is 2.67 bits per heavy atom. The molecule has 0 saturated carbocycles. The Bertz CT molecular complexity index is 403. The average Bonchev–Trinajstić information content (AvgIpc) is 2.16. The maximum absolute atomic E-state index is 12.5. The standard InChI is InChI=1S/C7H4BrClF2N2O2/c8-2-4-3(7(10)11)1-5(13(14)15)6(9)12-4/h1,7H,2H2. The Morgan fingerprint density at radius 1 is 1.67 bits per heavy atom. The molecule has 0 amide bonds. The van der Waals surface area contributed by atoms with Crippen LogP contribution in [-0.2, 0) is 5.33 Å². The van der Waals surface area contributed by atoms with Gasteiger partial charge in [0.2, 0.25) is 5.15 Å². The van der Waals surface area contributed by atoms with Gasteiger partial charge in [-0.15, -0.1) is 0 Å². The lowest BCUT2D eigenvalue weighted by atomic mass is 10.2. The fourth-order valence-corrected chi connectivity index (χ4v) is 1.63. The molecule has 0 aliphatic rings. The van der Waals surface area contributed by atoms with Crippen LogP contribution in [0.15, 0.2) is 6.07 Å². The van der Waals surface area contributed by atoms with Crippen molar-refractivity contribution >= 4 is 33.2 Å². The van der Waals surface area contributed by atoms with Gasteiger partial charge in [0.05, 0.1) is 10.6 Å². The first-order chi connectivity index (χ1) is 6.97. The Labute approximate surface area is 96.5 Å². The van der Waals surface area contributed by atoms with Gasteiger partial charge in [-0.05, 0) is 0 Å². The van der Waals surface area contributed by atoms with E-state index in [-0.39, 0.29) is 16.2 Å². The molecule has 1 aromatic rings. The van der Waals surface area contributed by atoms with E-state index in [9.17, 15) is 18.9 Å². The number of nitrogens with zero attached hydrogens (tertiary/aromatic N) is 2. The van der Waals surface area contributed by atoms with Crippen LogP contribution in [0.4, 0.5) is 14.5 Å². The summed E-state index contributed by atoms with van der Waals surface area (Å²) in [6.45, 7) is 0. The monoisotopic (exact) mass is 300 g/mol. The molecule has 0 unspecified atom stereocenters. The number of aromatic nitrogens is 1. The summed E-state index contributed by atoms with van der Waals surface area (Å²) in [6, 6.07) is 0.747. The SMILES string of the molecule is O=[N+]([O-])c1cc(C(F)F)c(CBr)nc1Cl. The van der Waals surface area contributed by atoms with E-state index >= 15 is 0 Å². The molecule has 0 radical (unpaired) electrons. The number of hydrogen-bond acceptors (Lipinski definition) is 3. The molecular weight excluding hydrogens is 297 g/mol. The van der Waals surface area contributed by atoms with Crippen LogP contribution < -0.4 is 0 Å². The van der Waals surface area contributed by atoms with Gasteiger partial charge < -0.3 is 0 Å². The van der Waals surface area contributed by atoms with Crippen molar-refractivity contribution < 1.29 is 13.7 Å². The van der Waals surface area contributed by atoms with Gasteiger partial charge in [0.15, 0.2) is 0 Å². The topological polar surface area (TPSA) is 56.0 Å². The van der Waals surface area contributed by atoms with Gasteiger partial charge in [-0.2, -0.15) is 0 Å². The molecule has 0 fully saturated rings. The van der Waals surface area contributed by atoms with Crippen LogP contribution in [0.2, 0.25) is 5.15 Å². The number of alkyl halides is 3. The van der Waals surface area contributed by atoms with Crippen molar-refractivity contribution in [2.24, 2.45) is 0 Å². The van der Waals surface area contributed by atoms with Gasteiger partial charge in [0.25, 0.3) is 6.43 Å². The van der Waals surface area contributed by atoms with E-state index in [4.69, 9.17) is 11.6 Å².